The van der Waals surface area contributed by atoms with Gasteiger partial charge in [0.15, 0.2) is 5.76 Å². The number of aromatic carboxylic acids is 1. The maximum atomic E-state index is 11.8. The fourth-order valence-corrected chi connectivity index (χ4v) is 2.24. The van der Waals surface area contributed by atoms with Crippen LogP contribution >= 0.6 is 0 Å². The van der Waals surface area contributed by atoms with Crippen molar-refractivity contribution < 1.29 is 43.9 Å². The van der Waals surface area contributed by atoms with Crippen LogP contribution in [0.4, 0.5) is 0 Å². The van der Waals surface area contributed by atoms with Crippen LogP contribution in [-0.4, -0.2) is 5.97 Å². The first-order chi connectivity index (χ1) is 9.68. The van der Waals surface area contributed by atoms with Gasteiger partial charge >= 0.3 is 35.2 Å². The van der Waals surface area contributed by atoms with Gasteiger partial charge in [0.05, 0.1) is 5.39 Å². The van der Waals surface area contributed by atoms with Gasteiger partial charge in [-0.05, 0) is 11.6 Å². The Morgan fingerprint density at radius 3 is 2.10 bits per heavy atom. The first-order valence-electron chi connectivity index (χ1n) is 6.01. The normalized spacial score (nSPS) is 10.1. The summed E-state index contributed by atoms with van der Waals surface area (Å²) in [6.07, 6.45) is 0. The molecule has 0 fully saturated rings. The van der Waals surface area contributed by atoms with Crippen molar-refractivity contribution in [2.75, 3.05) is 0 Å². The number of hydrogen-bond donors (Lipinski definition) is 0. The smallest absolute Gasteiger partial charge is 0.542 e. The molecular formula is C16H9NaO4. The van der Waals surface area contributed by atoms with E-state index in [0.717, 1.165) is 0 Å². The molecule has 1 aromatic heterocycles. The van der Waals surface area contributed by atoms with Crippen molar-refractivity contribution in [3.05, 3.63) is 70.8 Å². The zero-order valence-corrected chi connectivity index (χ0v) is 13.3. The molecule has 0 aliphatic heterocycles. The average molecular weight is 288 g/mol. The molecule has 0 amide bonds. The minimum atomic E-state index is -1.51. The van der Waals surface area contributed by atoms with Crippen LogP contribution in [0.25, 0.3) is 21.9 Å². The number of carboxylic acids is 1. The summed E-state index contributed by atoms with van der Waals surface area (Å²) in [6.45, 7) is 0. The van der Waals surface area contributed by atoms with Gasteiger partial charge < -0.3 is 14.3 Å². The van der Waals surface area contributed by atoms with Gasteiger partial charge in [0.1, 0.15) is 5.97 Å². The van der Waals surface area contributed by atoms with Crippen LogP contribution in [0.15, 0.2) is 63.8 Å². The average Bonchev–Trinajstić information content (AvgIpc) is 2.48. The van der Waals surface area contributed by atoms with E-state index < -0.39 is 17.4 Å². The van der Waals surface area contributed by atoms with Crippen molar-refractivity contribution >= 4 is 16.7 Å². The summed E-state index contributed by atoms with van der Waals surface area (Å²) in [5.74, 6) is -1.95. The maximum absolute atomic E-state index is 11.8. The zero-order valence-electron chi connectivity index (χ0n) is 11.3. The largest absolute Gasteiger partial charge is 1.00 e. The van der Waals surface area contributed by atoms with Gasteiger partial charge in [-0.15, -0.1) is 0 Å². The fraction of sp³-hybridized carbons (Fsp3) is 0. The van der Waals surface area contributed by atoms with Gasteiger partial charge in [0.25, 0.3) is 0 Å². The predicted octanol–water partition coefficient (Wildman–Crippen LogP) is -1.17. The molecule has 4 nitrogen and oxygen atoms in total. The third-order valence-corrected chi connectivity index (χ3v) is 3.09. The number of carbonyl (C=O) groups excluding carboxylic acids is 1. The van der Waals surface area contributed by atoms with Crippen LogP contribution in [0.1, 0.15) is 10.6 Å². The molecule has 0 aliphatic carbocycles. The van der Waals surface area contributed by atoms with E-state index in [1.807, 2.05) is 6.07 Å². The molecule has 3 rings (SSSR count). The van der Waals surface area contributed by atoms with Crippen molar-refractivity contribution in [1.82, 2.24) is 0 Å². The van der Waals surface area contributed by atoms with Crippen molar-refractivity contribution in [2.45, 2.75) is 0 Å². The summed E-state index contributed by atoms with van der Waals surface area (Å²) in [5, 5.41) is 12.1. The first-order valence-corrected chi connectivity index (χ1v) is 6.01. The summed E-state index contributed by atoms with van der Waals surface area (Å²) in [4.78, 5) is 23.1. The van der Waals surface area contributed by atoms with Gasteiger partial charge in [0.2, 0.25) is 0 Å². The second-order valence-electron chi connectivity index (χ2n) is 4.29. The van der Waals surface area contributed by atoms with Gasteiger partial charge in [-0.3, -0.25) is 0 Å². The number of carboxylic acid groups (broad SMARTS) is 1. The number of rotatable bonds is 2. The van der Waals surface area contributed by atoms with Gasteiger partial charge in [-0.1, -0.05) is 48.5 Å². The van der Waals surface area contributed by atoms with Gasteiger partial charge in [-0.25, -0.2) is 4.79 Å². The van der Waals surface area contributed by atoms with E-state index >= 15 is 0 Å². The molecule has 0 N–H and O–H groups in total. The second kappa shape index (κ2) is 6.26. The minimum absolute atomic E-state index is 0. The molecule has 1 heterocycles. The molecule has 0 aliphatic rings. The van der Waals surface area contributed by atoms with E-state index in [1.165, 1.54) is 0 Å². The Bertz CT molecular complexity index is 853. The van der Waals surface area contributed by atoms with Crippen LogP contribution in [0.3, 0.4) is 0 Å². The van der Waals surface area contributed by atoms with Crippen LogP contribution < -0.4 is 40.3 Å². The van der Waals surface area contributed by atoms with Crippen LogP contribution in [0, 0.1) is 0 Å². The molecule has 0 saturated carbocycles. The Balaban J connectivity index is 0.00000161. The van der Waals surface area contributed by atoms with Gasteiger partial charge in [-0.2, -0.15) is 0 Å². The SMILES string of the molecule is O=C([O-])c1oc(=O)c2ccccc2c1-c1ccccc1.[Na+]. The summed E-state index contributed by atoms with van der Waals surface area (Å²) in [7, 11) is 0. The van der Waals surface area contributed by atoms with Gasteiger partial charge in [0, 0.05) is 10.9 Å². The van der Waals surface area contributed by atoms with E-state index in [1.54, 1.807) is 48.5 Å². The van der Waals surface area contributed by atoms with E-state index in [0.29, 0.717) is 21.9 Å². The third-order valence-electron chi connectivity index (χ3n) is 3.09. The Morgan fingerprint density at radius 2 is 1.48 bits per heavy atom. The first kappa shape index (κ1) is 15.5. The quantitative estimate of drug-likeness (QED) is 0.557. The number of fused-ring (bicyclic) bond motifs is 1. The standard InChI is InChI=1S/C16H10O4.Na/c17-15(18)14-13(10-6-2-1-3-7-10)11-8-4-5-9-12(11)16(19)20-14;/h1-9H,(H,17,18);/q;+1/p-1. The number of benzene rings is 2. The van der Waals surface area contributed by atoms with Crippen molar-refractivity contribution in [2.24, 2.45) is 0 Å². The van der Waals surface area contributed by atoms with E-state index in [-0.39, 0.29) is 29.6 Å². The molecule has 0 spiro atoms. The molecule has 98 valence electrons. The van der Waals surface area contributed by atoms with Crippen LogP contribution in [-0.2, 0) is 0 Å². The molecule has 0 saturated heterocycles. The summed E-state index contributed by atoms with van der Waals surface area (Å²) in [6, 6.07) is 15.7. The van der Waals surface area contributed by atoms with Crippen molar-refractivity contribution in [3.63, 3.8) is 0 Å². The molecule has 0 unspecified atom stereocenters. The fourth-order valence-electron chi connectivity index (χ4n) is 2.24. The minimum Gasteiger partial charge on any atom is -0.542 e. The zero-order chi connectivity index (χ0) is 14.1. The van der Waals surface area contributed by atoms with Crippen molar-refractivity contribution in [3.8, 4) is 11.1 Å². The Kier molecular flexibility index (Phi) is 4.63. The molecule has 5 heteroatoms. The monoisotopic (exact) mass is 288 g/mol. The topological polar surface area (TPSA) is 70.3 Å². The Morgan fingerprint density at radius 1 is 0.905 bits per heavy atom. The van der Waals surface area contributed by atoms with Crippen LogP contribution in [0.5, 0.6) is 0 Å². The number of carbonyl (C=O) groups is 1. The van der Waals surface area contributed by atoms with Crippen molar-refractivity contribution in [1.29, 1.82) is 0 Å². The second-order valence-corrected chi connectivity index (χ2v) is 4.29. The van der Waals surface area contributed by atoms with E-state index in [4.69, 9.17) is 4.42 Å². The maximum Gasteiger partial charge on any atom is 1.00 e. The Labute approximate surface area is 142 Å². The molecule has 0 atom stereocenters. The van der Waals surface area contributed by atoms with E-state index in [2.05, 4.69) is 0 Å². The molecule has 2 aromatic carbocycles. The van der Waals surface area contributed by atoms with E-state index in [9.17, 15) is 14.7 Å². The summed E-state index contributed by atoms with van der Waals surface area (Å²) < 4.78 is 4.92. The number of hydrogen-bond acceptors (Lipinski definition) is 4. The molecule has 0 radical (unpaired) electrons. The molecule has 21 heavy (non-hydrogen) atoms. The molecular weight excluding hydrogens is 279 g/mol. The summed E-state index contributed by atoms with van der Waals surface area (Å²) in [5.41, 5.74) is 0.340. The molecule has 0 bridgehead atoms. The Hall–Kier alpha value is -1.88. The predicted molar refractivity (Wildman–Crippen MR) is 72.3 cm³/mol. The third kappa shape index (κ3) is 2.78. The summed E-state index contributed by atoms with van der Waals surface area (Å²) >= 11 is 0. The molecule has 3 aromatic rings. The van der Waals surface area contributed by atoms with Crippen LogP contribution in [0.2, 0.25) is 0 Å².